The summed E-state index contributed by atoms with van der Waals surface area (Å²) in [4.78, 5) is 17.5. The quantitative estimate of drug-likeness (QED) is 0.903. The van der Waals surface area contributed by atoms with Gasteiger partial charge in [-0.2, -0.15) is 13.2 Å². The normalized spacial score (nSPS) is 18.9. The van der Waals surface area contributed by atoms with E-state index in [2.05, 4.69) is 4.98 Å². The maximum absolute atomic E-state index is 12.4. The van der Waals surface area contributed by atoms with Crippen LogP contribution in [0, 0.1) is 5.92 Å². The fourth-order valence-electron chi connectivity index (χ4n) is 2.34. The average molecular weight is 288 g/mol. The molecule has 20 heavy (non-hydrogen) atoms. The number of likely N-dealkylation sites (tertiary alicyclic amines) is 1. The number of carbonyl (C=O) groups is 1. The third-order valence-electron chi connectivity index (χ3n) is 3.49. The van der Waals surface area contributed by atoms with Crippen molar-refractivity contribution in [2.24, 2.45) is 5.92 Å². The minimum Gasteiger partial charge on any atom is -0.383 e. The number of aromatic nitrogens is 1. The highest BCUT2D eigenvalue weighted by atomic mass is 19.4. The first-order valence-corrected chi connectivity index (χ1v) is 6.34. The fraction of sp³-hybridized carbons (Fsp3) is 0.538. The van der Waals surface area contributed by atoms with Crippen LogP contribution >= 0.6 is 0 Å². The van der Waals surface area contributed by atoms with Crippen molar-refractivity contribution < 1.29 is 23.1 Å². The Morgan fingerprint density at radius 2 is 2.00 bits per heavy atom. The summed E-state index contributed by atoms with van der Waals surface area (Å²) < 4.78 is 37.2. The summed E-state index contributed by atoms with van der Waals surface area (Å²) in [6.45, 7) is 0.403. The maximum Gasteiger partial charge on any atom is 0.414 e. The van der Waals surface area contributed by atoms with Gasteiger partial charge >= 0.3 is 6.18 Å². The lowest BCUT2D eigenvalue weighted by Crippen LogP contribution is -2.45. The molecule has 0 saturated carbocycles. The molecule has 0 radical (unpaired) electrons. The van der Waals surface area contributed by atoms with Crippen LogP contribution in [0.25, 0.3) is 0 Å². The molecule has 4 nitrogen and oxygen atoms in total. The molecule has 1 aromatic heterocycles. The van der Waals surface area contributed by atoms with Crippen LogP contribution in [0.4, 0.5) is 13.2 Å². The van der Waals surface area contributed by atoms with Crippen LogP contribution in [0.2, 0.25) is 0 Å². The number of carbonyl (C=O) groups excluding carboxylic acids is 1. The van der Waals surface area contributed by atoms with E-state index in [4.69, 9.17) is 0 Å². The van der Waals surface area contributed by atoms with Gasteiger partial charge in [-0.05, 0) is 30.9 Å². The summed E-state index contributed by atoms with van der Waals surface area (Å²) in [5.74, 6) is -1.13. The van der Waals surface area contributed by atoms with Crippen molar-refractivity contribution in [3.63, 3.8) is 0 Å². The molecule has 1 fully saturated rings. The first kappa shape index (κ1) is 14.8. The van der Waals surface area contributed by atoms with Crippen LogP contribution in [0.5, 0.6) is 0 Å². The predicted molar refractivity (Wildman–Crippen MR) is 64.9 cm³/mol. The van der Waals surface area contributed by atoms with Crippen molar-refractivity contribution in [1.82, 2.24) is 9.88 Å². The zero-order valence-electron chi connectivity index (χ0n) is 10.7. The molecular weight excluding hydrogens is 273 g/mol. The number of rotatable bonds is 2. The molecule has 0 aromatic carbocycles. The van der Waals surface area contributed by atoms with Gasteiger partial charge in [0.25, 0.3) is 5.91 Å². The van der Waals surface area contributed by atoms with Gasteiger partial charge in [0.05, 0.1) is 0 Å². The van der Waals surface area contributed by atoms with Gasteiger partial charge in [0.1, 0.15) is 5.69 Å². The zero-order chi connectivity index (χ0) is 14.8. The highest BCUT2D eigenvalue weighted by Gasteiger charge is 2.44. The van der Waals surface area contributed by atoms with E-state index in [0.29, 0.717) is 0 Å². The van der Waals surface area contributed by atoms with Gasteiger partial charge in [-0.15, -0.1) is 0 Å². The number of pyridine rings is 1. The Morgan fingerprint density at radius 3 is 2.50 bits per heavy atom. The molecule has 7 heteroatoms. The van der Waals surface area contributed by atoms with Crippen LogP contribution in [-0.2, 0) is 0 Å². The summed E-state index contributed by atoms with van der Waals surface area (Å²) >= 11 is 0. The Kier molecular flexibility index (Phi) is 4.27. The van der Waals surface area contributed by atoms with Gasteiger partial charge in [0.2, 0.25) is 0 Å². The van der Waals surface area contributed by atoms with Crippen LogP contribution in [-0.4, -0.2) is 46.3 Å². The SMILES string of the molecule is O=C(c1ccccn1)N1CCC(C(O)C(F)(F)F)CC1. The second-order valence-electron chi connectivity index (χ2n) is 4.83. The molecule has 0 aliphatic carbocycles. The van der Waals surface area contributed by atoms with Crippen LogP contribution in [0.1, 0.15) is 23.3 Å². The smallest absolute Gasteiger partial charge is 0.383 e. The summed E-state index contributed by atoms with van der Waals surface area (Å²) in [6.07, 6.45) is -5.14. The van der Waals surface area contributed by atoms with Crippen LogP contribution < -0.4 is 0 Å². The van der Waals surface area contributed by atoms with Crippen molar-refractivity contribution >= 4 is 5.91 Å². The monoisotopic (exact) mass is 288 g/mol. The molecule has 1 N–H and O–H groups in total. The van der Waals surface area contributed by atoms with Crippen molar-refractivity contribution in [2.75, 3.05) is 13.1 Å². The number of halogens is 3. The zero-order valence-corrected chi connectivity index (χ0v) is 10.7. The lowest BCUT2D eigenvalue weighted by molar-refractivity contribution is -0.222. The molecule has 0 bridgehead atoms. The molecule has 1 amide bonds. The number of aliphatic hydroxyl groups is 1. The van der Waals surface area contributed by atoms with E-state index in [1.807, 2.05) is 0 Å². The number of amides is 1. The Hall–Kier alpha value is -1.63. The largest absolute Gasteiger partial charge is 0.414 e. The number of aliphatic hydroxyl groups excluding tert-OH is 1. The summed E-state index contributed by atoms with van der Waals surface area (Å²) in [5, 5.41) is 9.21. The van der Waals surface area contributed by atoms with Crippen LogP contribution in [0.15, 0.2) is 24.4 Å². The van der Waals surface area contributed by atoms with Gasteiger partial charge in [-0.25, -0.2) is 0 Å². The highest BCUT2D eigenvalue weighted by Crippen LogP contribution is 2.31. The predicted octanol–water partition coefficient (Wildman–Crippen LogP) is 1.86. The van der Waals surface area contributed by atoms with Gasteiger partial charge in [-0.3, -0.25) is 9.78 Å². The lowest BCUT2D eigenvalue weighted by atomic mass is 9.91. The number of nitrogens with zero attached hydrogens (tertiary/aromatic N) is 2. The Labute approximate surface area is 114 Å². The second-order valence-corrected chi connectivity index (χ2v) is 4.83. The molecule has 1 aliphatic heterocycles. The van der Waals surface area contributed by atoms with E-state index in [9.17, 15) is 23.1 Å². The molecule has 110 valence electrons. The molecule has 1 saturated heterocycles. The van der Waals surface area contributed by atoms with E-state index in [-0.39, 0.29) is 37.5 Å². The molecule has 2 rings (SSSR count). The second kappa shape index (κ2) is 5.78. The van der Waals surface area contributed by atoms with E-state index in [1.165, 1.54) is 11.1 Å². The standard InChI is InChI=1S/C13H15F3N2O2/c14-13(15,16)11(19)9-4-7-18(8-5-9)12(20)10-3-1-2-6-17-10/h1-3,6,9,11,19H,4-5,7-8H2. The number of hydrogen-bond donors (Lipinski definition) is 1. The molecule has 2 heterocycles. The van der Waals surface area contributed by atoms with E-state index in [1.54, 1.807) is 18.2 Å². The number of alkyl halides is 3. The first-order valence-electron chi connectivity index (χ1n) is 6.34. The summed E-state index contributed by atoms with van der Waals surface area (Å²) in [6, 6.07) is 4.93. The van der Waals surface area contributed by atoms with E-state index in [0.717, 1.165) is 0 Å². The Bertz CT molecular complexity index is 456. The molecule has 0 spiro atoms. The molecule has 1 aromatic rings. The van der Waals surface area contributed by atoms with Crippen molar-refractivity contribution in [3.05, 3.63) is 30.1 Å². The molecule has 1 unspecified atom stereocenters. The van der Waals surface area contributed by atoms with E-state index < -0.39 is 18.2 Å². The molecule has 1 aliphatic rings. The topological polar surface area (TPSA) is 53.4 Å². The summed E-state index contributed by atoms with van der Waals surface area (Å²) in [7, 11) is 0. The first-order chi connectivity index (χ1) is 9.39. The number of piperidine rings is 1. The van der Waals surface area contributed by atoms with Crippen molar-refractivity contribution in [2.45, 2.75) is 25.1 Å². The van der Waals surface area contributed by atoms with E-state index >= 15 is 0 Å². The fourth-order valence-corrected chi connectivity index (χ4v) is 2.34. The Morgan fingerprint density at radius 1 is 1.35 bits per heavy atom. The highest BCUT2D eigenvalue weighted by molar-refractivity contribution is 5.92. The van der Waals surface area contributed by atoms with Gasteiger partial charge in [0, 0.05) is 19.3 Å². The molecule has 1 atom stereocenters. The third-order valence-corrected chi connectivity index (χ3v) is 3.49. The maximum atomic E-state index is 12.4. The lowest BCUT2D eigenvalue weighted by Gasteiger charge is -2.34. The number of hydrogen-bond acceptors (Lipinski definition) is 3. The average Bonchev–Trinajstić information content (AvgIpc) is 2.46. The Balaban J connectivity index is 1.93. The van der Waals surface area contributed by atoms with Crippen molar-refractivity contribution in [3.8, 4) is 0 Å². The third kappa shape index (κ3) is 3.27. The van der Waals surface area contributed by atoms with Gasteiger partial charge in [0.15, 0.2) is 6.10 Å². The van der Waals surface area contributed by atoms with Crippen LogP contribution in [0.3, 0.4) is 0 Å². The van der Waals surface area contributed by atoms with Crippen molar-refractivity contribution in [1.29, 1.82) is 0 Å². The molecular formula is C13H15F3N2O2. The van der Waals surface area contributed by atoms with Gasteiger partial charge < -0.3 is 10.0 Å². The minimum absolute atomic E-state index is 0.138. The minimum atomic E-state index is -4.60. The van der Waals surface area contributed by atoms with Gasteiger partial charge in [-0.1, -0.05) is 6.07 Å². The summed E-state index contributed by atoms with van der Waals surface area (Å²) in [5.41, 5.74) is 0.280.